The number of rotatable bonds is 5. The maximum Gasteiger partial charge on any atom is 2.00 e. The van der Waals surface area contributed by atoms with Crippen LogP contribution < -0.4 is 0 Å². The van der Waals surface area contributed by atoms with E-state index in [1.807, 2.05) is 50.2 Å². The molecule has 1 radical (unpaired) electrons. The van der Waals surface area contributed by atoms with Gasteiger partial charge < -0.3 is 10.8 Å². The first kappa shape index (κ1) is 27.0. The molecule has 0 aromatic carbocycles. The second-order valence-electron chi connectivity index (χ2n) is 4.55. The molecule has 9 heteroatoms. The van der Waals surface area contributed by atoms with Crippen LogP contribution in [0.1, 0.15) is 25.2 Å². The molecule has 0 aliphatic carbocycles. The van der Waals surface area contributed by atoms with E-state index in [0.717, 1.165) is 22.8 Å². The first-order chi connectivity index (χ1) is 12.6. The van der Waals surface area contributed by atoms with Crippen LogP contribution in [-0.2, 0) is 17.1 Å². The number of aromatic nitrogens is 2. The van der Waals surface area contributed by atoms with Gasteiger partial charge in [0, 0.05) is 12.4 Å². The minimum atomic E-state index is 0. The third-order valence-corrected chi connectivity index (χ3v) is 2.87. The fraction of sp³-hybridized carbons (Fsp3) is 0.222. The monoisotopic (exact) mass is 437 g/mol. The number of hydrogen-bond donors (Lipinski definition) is 0. The fourth-order valence-corrected chi connectivity index (χ4v) is 1.75. The zero-order chi connectivity index (χ0) is 19.6. The van der Waals surface area contributed by atoms with Gasteiger partial charge in [0.25, 0.3) is 0 Å². The van der Waals surface area contributed by atoms with Gasteiger partial charge in [-0.05, 0) is 38.1 Å². The van der Waals surface area contributed by atoms with Crippen LogP contribution in [0.25, 0.3) is 10.8 Å². The third-order valence-electron chi connectivity index (χ3n) is 2.87. The molecule has 0 fully saturated rings. The van der Waals surface area contributed by atoms with E-state index < -0.39 is 0 Å². The molecule has 27 heavy (non-hydrogen) atoms. The average molecular weight is 437 g/mol. The van der Waals surface area contributed by atoms with Crippen molar-refractivity contribution in [2.24, 2.45) is 9.98 Å². The van der Waals surface area contributed by atoms with Crippen LogP contribution in [0.2, 0.25) is 0 Å². The summed E-state index contributed by atoms with van der Waals surface area (Å²) in [5.41, 5.74) is 3.71. The number of isothiocyanates is 2. The van der Waals surface area contributed by atoms with Crippen molar-refractivity contribution in [2.75, 3.05) is 13.1 Å². The molecule has 139 valence electrons. The van der Waals surface area contributed by atoms with E-state index in [1.54, 1.807) is 12.4 Å². The number of pyridine rings is 2. The van der Waals surface area contributed by atoms with Crippen molar-refractivity contribution >= 4 is 46.2 Å². The molecule has 0 saturated carbocycles. The summed E-state index contributed by atoms with van der Waals surface area (Å²) < 4.78 is 0. The average Bonchev–Trinajstić information content (AvgIpc) is 2.67. The summed E-state index contributed by atoms with van der Waals surface area (Å²) in [5.74, 6) is 0. The molecular weight excluding hydrogens is 419 g/mol. The summed E-state index contributed by atoms with van der Waals surface area (Å²) >= 11 is 7.40. The standard InChI is InChI=1S/C16H18N4.2CNS.Mn/c1-13(15-7-3-5-9-19-15)17-11-12-18-14(2)16-8-4-6-10-20-16;2*2-1-3;/h3-10H,11-12H2,1-2H3;;;/q;2*-1;+2. The third kappa shape index (κ3) is 13.6. The summed E-state index contributed by atoms with van der Waals surface area (Å²) in [4.78, 5) is 17.5. The van der Waals surface area contributed by atoms with Crippen molar-refractivity contribution < 1.29 is 17.1 Å². The molecule has 2 aromatic heterocycles. The van der Waals surface area contributed by atoms with Crippen LogP contribution in [-0.4, -0.2) is 44.8 Å². The molecule has 2 rings (SSSR count). The van der Waals surface area contributed by atoms with E-state index in [0.29, 0.717) is 13.1 Å². The van der Waals surface area contributed by atoms with E-state index in [-0.39, 0.29) is 17.1 Å². The molecule has 6 nitrogen and oxygen atoms in total. The molecule has 0 aliphatic heterocycles. The van der Waals surface area contributed by atoms with E-state index in [4.69, 9.17) is 10.8 Å². The van der Waals surface area contributed by atoms with Gasteiger partial charge in [0.2, 0.25) is 0 Å². The predicted octanol–water partition coefficient (Wildman–Crippen LogP) is 4.11. The van der Waals surface area contributed by atoms with E-state index in [1.165, 1.54) is 10.3 Å². The molecule has 2 heterocycles. The number of thiocarbonyl (C=S) groups is 2. The topological polar surface area (TPSA) is 95.1 Å². The Labute approximate surface area is 180 Å². The Morgan fingerprint density at radius 1 is 0.852 bits per heavy atom. The molecule has 0 aliphatic rings. The van der Waals surface area contributed by atoms with E-state index in [2.05, 4.69) is 44.4 Å². The Bertz CT molecular complexity index is 699. The molecule has 0 spiro atoms. The largest absolute Gasteiger partial charge is 2.00 e. The van der Waals surface area contributed by atoms with Crippen molar-refractivity contribution in [2.45, 2.75) is 13.8 Å². The number of nitrogens with zero attached hydrogens (tertiary/aromatic N) is 6. The second-order valence-corrected chi connectivity index (χ2v) is 4.91. The van der Waals surface area contributed by atoms with Crippen molar-refractivity contribution in [3.63, 3.8) is 0 Å². The van der Waals surface area contributed by atoms with Gasteiger partial charge in [-0.1, -0.05) is 36.6 Å². The van der Waals surface area contributed by atoms with Crippen molar-refractivity contribution in [1.82, 2.24) is 9.97 Å². The number of aliphatic imine (C=N–C) groups is 2. The maximum atomic E-state index is 7.13. The zero-order valence-corrected chi connectivity index (χ0v) is 17.7. The molecule has 0 N–H and O–H groups in total. The Balaban J connectivity index is 0. The zero-order valence-electron chi connectivity index (χ0n) is 14.9. The predicted molar refractivity (Wildman–Crippen MR) is 115 cm³/mol. The van der Waals surface area contributed by atoms with Crippen LogP contribution in [0, 0.1) is 0 Å². The van der Waals surface area contributed by atoms with E-state index in [9.17, 15) is 0 Å². The van der Waals surface area contributed by atoms with Gasteiger partial charge in [0.05, 0.1) is 35.9 Å². The second kappa shape index (κ2) is 18.5. The van der Waals surface area contributed by atoms with Gasteiger partial charge in [0.1, 0.15) is 0 Å². The van der Waals surface area contributed by atoms with Crippen LogP contribution in [0.15, 0.2) is 58.8 Å². The van der Waals surface area contributed by atoms with Crippen LogP contribution >= 0.6 is 24.4 Å². The molecular formula is C18H18MnN6S2. The van der Waals surface area contributed by atoms with Gasteiger partial charge in [0.15, 0.2) is 0 Å². The Morgan fingerprint density at radius 3 is 1.44 bits per heavy atom. The summed E-state index contributed by atoms with van der Waals surface area (Å²) in [6.45, 7) is 5.26. The first-order valence-corrected chi connectivity index (χ1v) is 8.29. The van der Waals surface area contributed by atoms with Gasteiger partial charge in [-0.25, -0.2) is 0 Å². The molecule has 0 amide bonds. The van der Waals surface area contributed by atoms with Gasteiger partial charge in [-0.15, -0.1) is 0 Å². The van der Waals surface area contributed by atoms with Crippen LogP contribution in [0.3, 0.4) is 0 Å². The molecule has 0 unspecified atom stereocenters. The minimum absolute atomic E-state index is 0. The van der Waals surface area contributed by atoms with Crippen molar-refractivity contribution in [3.8, 4) is 0 Å². The Morgan fingerprint density at radius 2 is 1.19 bits per heavy atom. The van der Waals surface area contributed by atoms with Gasteiger partial charge in [-0.2, -0.15) is 10.3 Å². The van der Waals surface area contributed by atoms with Gasteiger partial charge >= 0.3 is 17.1 Å². The summed E-state index contributed by atoms with van der Waals surface area (Å²) in [5, 5.41) is 16.9. The number of hydrogen-bond acceptors (Lipinski definition) is 6. The van der Waals surface area contributed by atoms with Crippen molar-refractivity contribution in [1.29, 1.82) is 0 Å². The van der Waals surface area contributed by atoms with Crippen LogP contribution in [0.4, 0.5) is 0 Å². The molecule has 2 aromatic rings. The normalized spacial score (nSPS) is 9.85. The quantitative estimate of drug-likeness (QED) is 0.304. The molecule has 0 bridgehead atoms. The Kier molecular flexibility index (Phi) is 18.5. The SMILES string of the molecule is CC(=NCCN=C(C)c1ccccn1)c1ccccn1.[Mn+2].[N-]=C=S.[N-]=C=S. The summed E-state index contributed by atoms with van der Waals surface area (Å²) in [6, 6.07) is 11.6. The summed E-state index contributed by atoms with van der Waals surface area (Å²) in [7, 11) is 0. The fourth-order valence-electron chi connectivity index (χ4n) is 1.75. The van der Waals surface area contributed by atoms with Crippen molar-refractivity contribution in [3.05, 3.63) is 71.0 Å². The van der Waals surface area contributed by atoms with Gasteiger partial charge in [-0.3, -0.25) is 20.0 Å². The molecule has 0 atom stereocenters. The minimum Gasteiger partial charge on any atom is -0.753 e. The maximum absolute atomic E-state index is 7.13. The van der Waals surface area contributed by atoms with E-state index >= 15 is 0 Å². The van der Waals surface area contributed by atoms with Crippen LogP contribution in [0.5, 0.6) is 0 Å². The molecule has 0 saturated heterocycles. The first-order valence-electron chi connectivity index (χ1n) is 7.48. The summed E-state index contributed by atoms with van der Waals surface area (Å²) in [6.07, 6.45) is 3.55. The smallest absolute Gasteiger partial charge is 0.753 e. The Hall–Kier alpha value is -2.24.